The molecule has 2 rings (SSSR count). The van der Waals surface area contributed by atoms with Crippen molar-refractivity contribution in [3.63, 3.8) is 0 Å². The zero-order valence-electron chi connectivity index (χ0n) is 10.1. The summed E-state index contributed by atoms with van der Waals surface area (Å²) < 4.78 is 2.82. The fraction of sp³-hybridized carbons (Fsp3) is 0.308. The van der Waals surface area contributed by atoms with E-state index in [2.05, 4.69) is 21.0 Å². The van der Waals surface area contributed by atoms with E-state index in [9.17, 15) is 5.11 Å². The summed E-state index contributed by atoms with van der Waals surface area (Å²) in [6, 6.07) is 9.97. The Morgan fingerprint density at radius 2 is 2.17 bits per heavy atom. The van der Waals surface area contributed by atoms with Gasteiger partial charge in [0.25, 0.3) is 0 Å². The molecule has 1 unspecified atom stereocenters. The molecule has 0 radical (unpaired) electrons. The lowest BCUT2D eigenvalue weighted by Crippen LogP contribution is -2.14. The summed E-state index contributed by atoms with van der Waals surface area (Å²) in [7, 11) is 1.88. The predicted octanol–water partition coefficient (Wildman–Crippen LogP) is 2.88. The largest absolute Gasteiger partial charge is 0.392 e. The summed E-state index contributed by atoms with van der Waals surface area (Å²) >= 11 is 5.15. The molecular weight excluding hydrogens is 312 g/mol. The number of hydrogen-bond acceptors (Lipinski definition) is 3. The van der Waals surface area contributed by atoms with Crippen LogP contribution in [0.15, 0.2) is 45.9 Å². The second-order valence-electron chi connectivity index (χ2n) is 4.08. The zero-order chi connectivity index (χ0) is 13.0. The van der Waals surface area contributed by atoms with Gasteiger partial charge < -0.3 is 5.11 Å². The van der Waals surface area contributed by atoms with Crippen LogP contribution in [-0.4, -0.2) is 26.7 Å². The smallest absolute Gasteiger partial charge is 0.0690 e. The van der Waals surface area contributed by atoms with E-state index >= 15 is 0 Å². The quantitative estimate of drug-likeness (QED) is 0.858. The monoisotopic (exact) mass is 326 g/mol. The van der Waals surface area contributed by atoms with E-state index < -0.39 is 0 Å². The van der Waals surface area contributed by atoms with Crippen molar-refractivity contribution in [2.45, 2.75) is 17.4 Å². The van der Waals surface area contributed by atoms with Crippen molar-refractivity contribution in [3.8, 4) is 0 Å². The molecule has 1 aromatic carbocycles. The van der Waals surface area contributed by atoms with Crippen LogP contribution < -0.4 is 0 Å². The Balaban J connectivity index is 1.85. The third-order valence-corrected chi connectivity index (χ3v) is 4.65. The second kappa shape index (κ2) is 6.41. The number of aryl methyl sites for hydroxylation is 1. The molecule has 0 saturated heterocycles. The molecule has 0 fully saturated rings. The molecule has 96 valence electrons. The van der Waals surface area contributed by atoms with E-state index in [-0.39, 0.29) is 6.10 Å². The first kappa shape index (κ1) is 13.6. The lowest BCUT2D eigenvalue weighted by molar-refractivity contribution is 0.198. The number of thioether (sulfide) groups is 1. The summed E-state index contributed by atoms with van der Waals surface area (Å²) in [6.45, 7) is 0. The number of halogens is 1. The minimum atomic E-state index is -0.378. The fourth-order valence-electron chi connectivity index (χ4n) is 1.62. The lowest BCUT2D eigenvalue weighted by atomic mass is 10.2. The highest BCUT2D eigenvalue weighted by atomic mass is 79.9. The minimum absolute atomic E-state index is 0.378. The summed E-state index contributed by atoms with van der Waals surface area (Å²) in [5.74, 6) is 0.666. The molecular formula is C13H15BrN2OS. The SMILES string of the molecule is Cn1ccc(CC(O)CSc2ccccc2Br)n1. The van der Waals surface area contributed by atoms with Crippen LogP contribution in [0.3, 0.4) is 0 Å². The van der Waals surface area contributed by atoms with E-state index in [4.69, 9.17) is 0 Å². The van der Waals surface area contributed by atoms with Gasteiger partial charge in [-0.25, -0.2) is 0 Å². The molecule has 1 aromatic heterocycles. The van der Waals surface area contributed by atoms with Gasteiger partial charge in [0.15, 0.2) is 0 Å². The average Bonchev–Trinajstić information content (AvgIpc) is 2.74. The Hall–Kier alpha value is -0.780. The molecule has 0 aliphatic rings. The normalized spacial score (nSPS) is 12.6. The Morgan fingerprint density at radius 3 is 2.83 bits per heavy atom. The van der Waals surface area contributed by atoms with Crippen LogP contribution in [0.2, 0.25) is 0 Å². The third-order valence-electron chi connectivity index (χ3n) is 2.48. The summed E-state index contributed by atoms with van der Waals surface area (Å²) in [4.78, 5) is 1.15. The molecule has 3 nitrogen and oxygen atoms in total. The number of rotatable bonds is 5. The van der Waals surface area contributed by atoms with Crippen LogP contribution in [0.5, 0.6) is 0 Å². The van der Waals surface area contributed by atoms with E-state index in [1.54, 1.807) is 16.4 Å². The number of aliphatic hydroxyl groups excluding tert-OH is 1. The number of aliphatic hydroxyl groups is 1. The maximum absolute atomic E-state index is 9.98. The van der Waals surface area contributed by atoms with Gasteiger partial charge in [-0.05, 0) is 34.1 Å². The maximum Gasteiger partial charge on any atom is 0.0690 e. The standard InChI is InChI=1S/C13H15BrN2OS/c1-16-7-6-10(15-16)8-11(17)9-18-13-5-3-2-4-12(13)14/h2-7,11,17H,8-9H2,1H3. The van der Waals surface area contributed by atoms with Crippen LogP contribution in [0.4, 0.5) is 0 Å². The molecule has 0 bridgehead atoms. The first-order valence-electron chi connectivity index (χ1n) is 5.69. The van der Waals surface area contributed by atoms with Crippen molar-refractivity contribution >= 4 is 27.7 Å². The van der Waals surface area contributed by atoms with Crippen molar-refractivity contribution in [1.82, 2.24) is 9.78 Å². The van der Waals surface area contributed by atoms with Gasteiger partial charge in [0.2, 0.25) is 0 Å². The zero-order valence-corrected chi connectivity index (χ0v) is 12.5. The molecule has 5 heteroatoms. The van der Waals surface area contributed by atoms with Gasteiger partial charge in [-0.3, -0.25) is 4.68 Å². The molecule has 18 heavy (non-hydrogen) atoms. The first-order chi connectivity index (χ1) is 8.65. The molecule has 0 saturated carbocycles. The van der Waals surface area contributed by atoms with Crippen LogP contribution >= 0.6 is 27.7 Å². The van der Waals surface area contributed by atoms with Crippen LogP contribution in [0.25, 0.3) is 0 Å². The highest BCUT2D eigenvalue weighted by Gasteiger charge is 2.09. The van der Waals surface area contributed by atoms with Crippen molar-refractivity contribution in [2.24, 2.45) is 7.05 Å². The summed E-state index contributed by atoms with van der Waals surface area (Å²) in [5, 5.41) is 14.2. The molecule has 0 amide bonds. The minimum Gasteiger partial charge on any atom is -0.392 e. The average molecular weight is 327 g/mol. The fourth-order valence-corrected chi connectivity index (χ4v) is 3.12. The van der Waals surface area contributed by atoms with E-state index in [1.165, 1.54) is 0 Å². The number of hydrogen-bond donors (Lipinski definition) is 1. The maximum atomic E-state index is 9.98. The summed E-state index contributed by atoms with van der Waals surface area (Å²) in [5.41, 5.74) is 0.928. The molecule has 1 N–H and O–H groups in total. The van der Waals surface area contributed by atoms with E-state index in [1.807, 2.05) is 43.6 Å². The highest BCUT2D eigenvalue weighted by Crippen LogP contribution is 2.27. The molecule has 0 aliphatic carbocycles. The number of benzene rings is 1. The molecule has 2 aromatic rings. The number of aromatic nitrogens is 2. The van der Waals surface area contributed by atoms with Crippen LogP contribution in [-0.2, 0) is 13.5 Å². The number of nitrogens with zero attached hydrogens (tertiary/aromatic N) is 2. The molecule has 1 atom stereocenters. The van der Waals surface area contributed by atoms with Crippen molar-refractivity contribution in [1.29, 1.82) is 0 Å². The van der Waals surface area contributed by atoms with Gasteiger partial charge in [0.1, 0.15) is 0 Å². The second-order valence-corrected chi connectivity index (χ2v) is 6.00. The van der Waals surface area contributed by atoms with Gasteiger partial charge in [-0.2, -0.15) is 5.10 Å². The predicted molar refractivity (Wildman–Crippen MR) is 77.8 cm³/mol. The highest BCUT2D eigenvalue weighted by molar-refractivity contribution is 9.10. The van der Waals surface area contributed by atoms with Gasteiger partial charge in [-0.15, -0.1) is 11.8 Å². The van der Waals surface area contributed by atoms with Crippen LogP contribution in [0.1, 0.15) is 5.69 Å². The Bertz CT molecular complexity index is 515. The van der Waals surface area contributed by atoms with Gasteiger partial charge >= 0.3 is 0 Å². The van der Waals surface area contributed by atoms with Gasteiger partial charge in [0.05, 0.1) is 11.8 Å². The van der Waals surface area contributed by atoms with Crippen LogP contribution in [0, 0.1) is 0 Å². The van der Waals surface area contributed by atoms with Crippen molar-refractivity contribution in [3.05, 3.63) is 46.7 Å². The van der Waals surface area contributed by atoms with E-state index in [0.29, 0.717) is 12.2 Å². The van der Waals surface area contributed by atoms with Crippen molar-refractivity contribution < 1.29 is 5.11 Å². The van der Waals surface area contributed by atoms with Gasteiger partial charge in [0, 0.05) is 34.8 Å². The molecule has 1 heterocycles. The Labute approximate surface area is 119 Å². The topological polar surface area (TPSA) is 38.0 Å². The molecule has 0 aliphatic heterocycles. The molecule has 0 spiro atoms. The summed E-state index contributed by atoms with van der Waals surface area (Å²) in [6.07, 6.45) is 2.11. The first-order valence-corrected chi connectivity index (χ1v) is 7.47. The van der Waals surface area contributed by atoms with Gasteiger partial charge in [-0.1, -0.05) is 12.1 Å². The lowest BCUT2D eigenvalue weighted by Gasteiger charge is -2.09. The Kier molecular flexibility index (Phi) is 4.86. The third kappa shape index (κ3) is 3.86. The van der Waals surface area contributed by atoms with Crippen molar-refractivity contribution in [2.75, 3.05) is 5.75 Å². The Morgan fingerprint density at radius 1 is 1.39 bits per heavy atom. The van der Waals surface area contributed by atoms with E-state index in [0.717, 1.165) is 15.1 Å².